The van der Waals surface area contributed by atoms with Crippen LogP contribution in [-0.2, 0) is 0 Å². The second-order valence-electron chi connectivity index (χ2n) is 7.84. The second kappa shape index (κ2) is 6.84. The van der Waals surface area contributed by atoms with Gasteiger partial charge in [0.2, 0.25) is 0 Å². The van der Waals surface area contributed by atoms with E-state index in [2.05, 4.69) is 85.2 Å². The van der Waals surface area contributed by atoms with Crippen molar-refractivity contribution in [1.29, 1.82) is 0 Å². The zero-order valence-corrected chi connectivity index (χ0v) is 15.7. The Morgan fingerprint density at radius 1 is 0.800 bits per heavy atom. The molecule has 0 amide bonds. The molecule has 1 saturated heterocycles. The summed E-state index contributed by atoms with van der Waals surface area (Å²) in [6.07, 6.45) is 5.81. The van der Waals surface area contributed by atoms with E-state index in [0.29, 0.717) is 18.2 Å². The van der Waals surface area contributed by atoms with Crippen LogP contribution >= 0.6 is 0 Å². The number of rotatable bonds is 3. The monoisotopic (exact) mass is 334 g/mol. The topological polar surface area (TPSA) is 6.48 Å². The van der Waals surface area contributed by atoms with Gasteiger partial charge in [-0.1, -0.05) is 61.4 Å². The first-order valence-electron chi connectivity index (χ1n) is 9.85. The van der Waals surface area contributed by atoms with E-state index in [1.54, 1.807) is 0 Å². The Balaban J connectivity index is 1.82. The molecule has 1 saturated carbocycles. The molecule has 2 aromatic rings. The van der Waals surface area contributed by atoms with Gasteiger partial charge in [-0.15, -0.1) is 0 Å². The van der Waals surface area contributed by atoms with Gasteiger partial charge in [-0.3, -0.25) is 4.90 Å². The lowest BCUT2D eigenvalue weighted by atomic mass is 10.1. The summed E-state index contributed by atoms with van der Waals surface area (Å²) in [6, 6.07) is 21.8. The molecule has 2 aromatic carbocycles. The van der Waals surface area contributed by atoms with E-state index in [-0.39, 0.29) is 0 Å². The maximum Gasteiger partial charge on any atom is 0.109 e. The fourth-order valence-electron chi connectivity index (χ4n) is 4.97. The lowest BCUT2D eigenvalue weighted by Crippen LogP contribution is -2.40. The van der Waals surface area contributed by atoms with Crippen LogP contribution < -0.4 is 4.90 Å². The standard InChI is InChI=1S/C23H30N2/c1-17-11-7-10-16-22(17)25-19(3)18(2)24(21-14-8-9-15-21)23(25)20-12-5-4-6-13-20/h4-7,10-13,16,18-19,21,23H,8-9,14-15H2,1-3H3/t18?,19-,23?/m0/s1. The number of benzene rings is 2. The minimum atomic E-state index is 0.343. The molecule has 0 radical (unpaired) electrons. The summed E-state index contributed by atoms with van der Waals surface area (Å²) in [4.78, 5) is 5.49. The highest BCUT2D eigenvalue weighted by molar-refractivity contribution is 5.57. The zero-order valence-electron chi connectivity index (χ0n) is 15.7. The van der Waals surface area contributed by atoms with Crippen LogP contribution in [0, 0.1) is 6.92 Å². The molecular formula is C23H30N2. The number of para-hydroxylation sites is 1. The molecule has 25 heavy (non-hydrogen) atoms. The lowest BCUT2D eigenvalue weighted by molar-refractivity contribution is 0.136. The van der Waals surface area contributed by atoms with Crippen molar-refractivity contribution < 1.29 is 0 Å². The van der Waals surface area contributed by atoms with Gasteiger partial charge in [-0.05, 0) is 50.8 Å². The summed E-state index contributed by atoms with van der Waals surface area (Å²) >= 11 is 0. The fraction of sp³-hybridized carbons (Fsp3) is 0.478. The van der Waals surface area contributed by atoms with Gasteiger partial charge in [0.15, 0.2) is 0 Å². The van der Waals surface area contributed by atoms with Crippen molar-refractivity contribution in [2.75, 3.05) is 4.90 Å². The number of anilines is 1. The molecule has 1 heterocycles. The van der Waals surface area contributed by atoms with E-state index >= 15 is 0 Å². The van der Waals surface area contributed by atoms with Gasteiger partial charge in [0, 0.05) is 23.8 Å². The minimum absolute atomic E-state index is 0.343. The molecule has 2 nitrogen and oxygen atoms in total. The molecular weight excluding hydrogens is 304 g/mol. The maximum absolute atomic E-state index is 2.82. The number of aryl methyl sites for hydroxylation is 1. The van der Waals surface area contributed by atoms with Gasteiger partial charge in [0.25, 0.3) is 0 Å². The average Bonchev–Trinajstić information content (AvgIpc) is 3.24. The third kappa shape index (κ3) is 2.87. The molecule has 1 aliphatic carbocycles. The molecule has 0 bridgehead atoms. The summed E-state index contributed by atoms with van der Waals surface area (Å²) in [5, 5.41) is 0. The molecule has 0 spiro atoms. The van der Waals surface area contributed by atoms with Crippen molar-refractivity contribution in [2.45, 2.75) is 70.7 Å². The van der Waals surface area contributed by atoms with Gasteiger partial charge in [0.05, 0.1) is 0 Å². The number of hydrogen-bond donors (Lipinski definition) is 0. The number of nitrogens with zero attached hydrogens (tertiary/aromatic N) is 2. The van der Waals surface area contributed by atoms with Crippen molar-refractivity contribution in [2.24, 2.45) is 0 Å². The van der Waals surface area contributed by atoms with Crippen LogP contribution in [0.5, 0.6) is 0 Å². The highest BCUT2D eigenvalue weighted by Crippen LogP contribution is 2.45. The van der Waals surface area contributed by atoms with Crippen LogP contribution in [0.1, 0.15) is 56.8 Å². The Labute approximate surface area is 152 Å². The second-order valence-corrected chi connectivity index (χ2v) is 7.84. The molecule has 0 N–H and O–H groups in total. The van der Waals surface area contributed by atoms with Crippen LogP contribution in [0.25, 0.3) is 0 Å². The van der Waals surface area contributed by atoms with Crippen LogP contribution in [0.3, 0.4) is 0 Å². The molecule has 132 valence electrons. The van der Waals surface area contributed by atoms with Crippen molar-refractivity contribution in [3.63, 3.8) is 0 Å². The van der Waals surface area contributed by atoms with E-state index in [9.17, 15) is 0 Å². The van der Waals surface area contributed by atoms with Crippen molar-refractivity contribution in [1.82, 2.24) is 4.90 Å². The summed E-state index contributed by atoms with van der Waals surface area (Å²) in [7, 11) is 0. The largest absolute Gasteiger partial charge is 0.347 e. The smallest absolute Gasteiger partial charge is 0.109 e. The first kappa shape index (κ1) is 16.7. The lowest BCUT2D eigenvalue weighted by Gasteiger charge is -2.37. The Hall–Kier alpha value is -1.80. The Kier molecular flexibility index (Phi) is 4.56. The first-order valence-corrected chi connectivity index (χ1v) is 9.85. The molecule has 2 aliphatic rings. The molecule has 4 rings (SSSR count). The third-order valence-corrected chi connectivity index (χ3v) is 6.39. The van der Waals surface area contributed by atoms with Gasteiger partial charge >= 0.3 is 0 Å². The molecule has 3 atom stereocenters. The van der Waals surface area contributed by atoms with Gasteiger partial charge < -0.3 is 4.90 Å². The molecule has 2 unspecified atom stereocenters. The van der Waals surface area contributed by atoms with Gasteiger partial charge in [-0.2, -0.15) is 0 Å². The van der Waals surface area contributed by atoms with Crippen LogP contribution in [0.4, 0.5) is 5.69 Å². The van der Waals surface area contributed by atoms with E-state index < -0.39 is 0 Å². The van der Waals surface area contributed by atoms with Gasteiger partial charge in [0.1, 0.15) is 6.17 Å². The predicted molar refractivity (Wildman–Crippen MR) is 106 cm³/mol. The predicted octanol–water partition coefficient (Wildman–Crippen LogP) is 5.54. The Morgan fingerprint density at radius 3 is 2.12 bits per heavy atom. The van der Waals surface area contributed by atoms with Crippen LogP contribution in [0.2, 0.25) is 0 Å². The van der Waals surface area contributed by atoms with E-state index in [1.165, 1.54) is 42.5 Å². The minimum Gasteiger partial charge on any atom is -0.347 e. The molecule has 0 aromatic heterocycles. The van der Waals surface area contributed by atoms with Crippen LogP contribution in [-0.4, -0.2) is 23.0 Å². The maximum atomic E-state index is 2.82. The summed E-state index contributed by atoms with van der Waals surface area (Å²) in [5.74, 6) is 0. The third-order valence-electron chi connectivity index (χ3n) is 6.39. The highest BCUT2D eigenvalue weighted by atomic mass is 15.5. The van der Waals surface area contributed by atoms with Gasteiger partial charge in [-0.25, -0.2) is 0 Å². The number of hydrogen-bond acceptors (Lipinski definition) is 2. The van der Waals surface area contributed by atoms with E-state index in [4.69, 9.17) is 0 Å². The fourth-order valence-corrected chi connectivity index (χ4v) is 4.97. The summed E-state index contributed by atoms with van der Waals surface area (Å²) < 4.78 is 0. The Morgan fingerprint density at radius 2 is 1.44 bits per heavy atom. The normalized spacial score (nSPS) is 28.0. The first-order chi connectivity index (χ1) is 12.2. The van der Waals surface area contributed by atoms with Crippen molar-refractivity contribution >= 4 is 5.69 Å². The molecule has 2 fully saturated rings. The molecule has 2 heteroatoms. The average molecular weight is 335 g/mol. The van der Waals surface area contributed by atoms with E-state index in [0.717, 1.165) is 6.04 Å². The van der Waals surface area contributed by atoms with Crippen molar-refractivity contribution in [3.05, 3.63) is 65.7 Å². The molecule has 1 aliphatic heterocycles. The highest BCUT2D eigenvalue weighted by Gasteiger charge is 2.46. The van der Waals surface area contributed by atoms with Crippen molar-refractivity contribution in [3.8, 4) is 0 Å². The van der Waals surface area contributed by atoms with E-state index in [1.807, 2.05) is 0 Å². The summed E-state index contributed by atoms with van der Waals surface area (Å²) in [5.41, 5.74) is 4.18. The zero-order chi connectivity index (χ0) is 17.4. The van der Waals surface area contributed by atoms with Crippen LogP contribution in [0.15, 0.2) is 54.6 Å². The Bertz CT molecular complexity index is 705. The summed E-state index contributed by atoms with van der Waals surface area (Å²) in [6.45, 7) is 7.08. The quantitative estimate of drug-likeness (QED) is 0.727. The SMILES string of the molecule is Cc1ccccc1N1C(c2ccccc2)N(C2CCCC2)C(C)[C@@H]1C.